The van der Waals surface area contributed by atoms with Crippen LogP contribution in [0, 0.1) is 11.8 Å². The zero-order valence-electron chi connectivity index (χ0n) is 17.1. The Kier molecular flexibility index (Phi) is 6.02. The van der Waals surface area contributed by atoms with Crippen molar-refractivity contribution in [3.05, 3.63) is 60.2 Å². The zero-order chi connectivity index (χ0) is 20.3. The third-order valence-corrected chi connectivity index (χ3v) is 5.20. The summed E-state index contributed by atoms with van der Waals surface area (Å²) in [5, 5.41) is 2.94. The smallest absolute Gasteiger partial charge is 0.228 e. The lowest BCUT2D eigenvalue weighted by molar-refractivity contribution is -0.136. The molecule has 2 aromatic carbocycles. The van der Waals surface area contributed by atoms with Crippen molar-refractivity contribution in [2.75, 3.05) is 24.3 Å². The second kappa shape index (κ2) is 8.46. The molecule has 0 bridgehead atoms. The van der Waals surface area contributed by atoms with Gasteiger partial charge in [0.25, 0.3) is 0 Å². The van der Waals surface area contributed by atoms with Gasteiger partial charge in [0.2, 0.25) is 11.8 Å². The fraction of sp³-hybridized carbons (Fsp3) is 0.391. The van der Waals surface area contributed by atoms with E-state index in [-0.39, 0.29) is 29.7 Å². The van der Waals surface area contributed by atoms with Crippen LogP contribution in [0.4, 0.5) is 11.4 Å². The Morgan fingerprint density at radius 1 is 1.00 bits per heavy atom. The lowest BCUT2D eigenvalue weighted by Crippen LogP contribution is -2.38. The summed E-state index contributed by atoms with van der Waals surface area (Å²) < 4.78 is 0. The van der Waals surface area contributed by atoms with Crippen LogP contribution in [0.3, 0.4) is 0 Å². The van der Waals surface area contributed by atoms with E-state index in [9.17, 15) is 9.59 Å². The normalized spacial score (nSPS) is 17.9. The van der Waals surface area contributed by atoms with Crippen LogP contribution in [0.2, 0.25) is 0 Å². The standard InChI is InChI=1S/C23H29N3O2/c1-16(2)26(15-17-8-6-5-7-9-17)23(28)21-14-20(21)22(27)24-18-10-12-19(13-11-18)25(3)4/h5-13,16,20-21H,14-15H2,1-4H3,(H,24,27). The van der Waals surface area contributed by atoms with E-state index < -0.39 is 0 Å². The number of hydrogen-bond donors (Lipinski definition) is 1. The molecule has 5 nitrogen and oxygen atoms in total. The first-order valence-corrected chi connectivity index (χ1v) is 9.79. The number of carbonyl (C=O) groups excluding carboxylic acids is 2. The van der Waals surface area contributed by atoms with E-state index in [1.165, 1.54) is 0 Å². The zero-order valence-corrected chi connectivity index (χ0v) is 17.1. The third-order valence-electron chi connectivity index (χ3n) is 5.20. The van der Waals surface area contributed by atoms with Crippen molar-refractivity contribution in [2.45, 2.75) is 32.9 Å². The maximum absolute atomic E-state index is 13.0. The number of amides is 2. The van der Waals surface area contributed by atoms with Gasteiger partial charge in [-0.15, -0.1) is 0 Å². The van der Waals surface area contributed by atoms with Crippen LogP contribution < -0.4 is 10.2 Å². The second-order valence-corrected chi connectivity index (χ2v) is 7.92. The number of nitrogens with one attached hydrogen (secondary N) is 1. The maximum atomic E-state index is 13.0. The van der Waals surface area contributed by atoms with Crippen LogP contribution in [0.15, 0.2) is 54.6 Å². The van der Waals surface area contributed by atoms with E-state index in [0.717, 1.165) is 16.9 Å². The van der Waals surface area contributed by atoms with Crippen LogP contribution >= 0.6 is 0 Å². The molecule has 0 aromatic heterocycles. The molecule has 3 rings (SSSR count). The number of carbonyl (C=O) groups is 2. The number of rotatable bonds is 7. The third kappa shape index (κ3) is 4.71. The Hall–Kier alpha value is -2.82. The summed E-state index contributed by atoms with van der Waals surface area (Å²) in [5.74, 6) is -0.452. The maximum Gasteiger partial charge on any atom is 0.228 e. The fourth-order valence-electron chi connectivity index (χ4n) is 3.34. The van der Waals surface area contributed by atoms with Gasteiger partial charge in [-0.3, -0.25) is 9.59 Å². The van der Waals surface area contributed by atoms with Crippen LogP contribution in [0.25, 0.3) is 0 Å². The fourth-order valence-corrected chi connectivity index (χ4v) is 3.34. The van der Waals surface area contributed by atoms with Gasteiger partial charge >= 0.3 is 0 Å². The van der Waals surface area contributed by atoms with E-state index in [1.54, 1.807) is 0 Å². The summed E-state index contributed by atoms with van der Waals surface area (Å²) in [6, 6.07) is 17.8. The summed E-state index contributed by atoms with van der Waals surface area (Å²) in [7, 11) is 3.95. The largest absolute Gasteiger partial charge is 0.378 e. The van der Waals surface area contributed by atoms with Crippen molar-refractivity contribution in [1.29, 1.82) is 0 Å². The van der Waals surface area contributed by atoms with Crippen LogP contribution in [-0.4, -0.2) is 36.9 Å². The first-order valence-electron chi connectivity index (χ1n) is 9.79. The first-order chi connectivity index (χ1) is 13.4. The Morgan fingerprint density at radius 2 is 1.64 bits per heavy atom. The molecule has 0 spiro atoms. The van der Waals surface area contributed by atoms with Gasteiger partial charge in [-0.2, -0.15) is 0 Å². The predicted molar refractivity (Wildman–Crippen MR) is 113 cm³/mol. The average Bonchev–Trinajstić information content (AvgIpc) is 3.47. The summed E-state index contributed by atoms with van der Waals surface area (Å²) >= 11 is 0. The van der Waals surface area contributed by atoms with Crippen molar-refractivity contribution < 1.29 is 9.59 Å². The Morgan fingerprint density at radius 3 is 2.21 bits per heavy atom. The molecule has 5 heteroatoms. The number of anilines is 2. The summed E-state index contributed by atoms with van der Waals surface area (Å²) in [6.07, 6.45) is 0.623. The molecule has 1 saturated carbocycles. The number of hydrogen-bond acceptors (Lipinski definition) is 3. The van der Waals surface area contributed by atoms with Gasteiger partial charge in [0.15, 0.2) is 0 Å². The van der Waals surface area contributed by atoms with Crippen molar-refractivity contribution in [3.63, 3.8) is 0 Å². The number of benzene rings is 2. The van der Waals surface area contributed by atoms with Gasteiger partial charge in [0.1, 0.15) is 0 Å². The van der Waals surface area contributed by atoms with Gasteiger partial charge < -0.3 is 15.1 Å². The molecule has 2 amide bonds. The summed E-state index contributed by atoms with van der Waals surface area (Å²) in [4.78, 5) is 29.4. The predicted octanol–water partition coefficient (Wildman–Crippen LogP) is 3.76. The van der Waals surface area contributed by atoms with Crippen LogP contribution in [0.5, 0.6) is 0 Å². The highest BCUT2D eigenvalue weighted by Crippen LogP contribution is 2.41. The quantitative estimate of drug-likeness (QED) is 0.797. The first kappa shape index (κ1) is 19.9. The molecule has 0 heterocycles. The van der Waals surface area contributed by atoms with E-state index in [2.05, 4.69) is 5.32 Å². The molecular formula is C23H29N3O2. The topological polar surface area (TPSA) is 52.7 Å². The Balaban J connectivity index is 1.59. The molecule has 28 heavy (non-hydrogen) atoms. The van der Waals surface area contributed by atoms with Gasteiger partial charge in [0.05, 0.1) is 11.8 Å². The molecule has 2 atom stereocenters. The molecule has 2 aromatic rings. The minimum atomic E-state index is -0.238. The molecular weight excluding hydrogens is 350 g/mol. The monoisotopic (exact) mass is 379 g/mol. The van der Waals surface area contributed by atoms with Gasteiger partial charge in [-0.1, -0.05) is 30.3 Å². The van der Waals surface area contributed by atoms with Crippen molar-refractivity contribution >= 4 is 23.2 Å². The molecule has 1 fully saturated rings. The highest BCUT2D eigenvalue weighted by Gasteiger charge is 2.49. The van der Waals surface area contributed by atoms with Crippen LogP contribution in [0.1, 0.15) is 25.8 Å². The Bertz CT molecular complexity index is 816. The lowest BCUT2D eigenvalue weighted by Gasteiger charge is -2.27. The van der Waals surface area contributed by atoms with Crippen molar-refractivity contribution in [1.82, 2.24) is 4.90 Å². The van der Waals surface area contributed by atoms with Crippen molar-refractivity contribution in [2.24, 2.45) is 11.8 Å². The minimum absolute atomic E-state index is 0.0700. The summed E-state index contributed by atoms with van der Waals surface area (Å²) in [5.41, 5.74) is 2.94. The molecule has 2 unspecified atom stereocenters. The summed E-state index contributed by atoms with van der Waals surface area (Å²) in [6.45, 7) is 4.61. The van der Waals surface area contributed by atoms with E-state index in [0.29, 0.717) is 13.0 Å². The molecule has 0 saturated heterocycles. The molecule has 1 aliphatic carbocycles. The second-order valence-electron chi connectivity index (χ2n) is 7.92. The lowest BCUT2D eigenvalue weighted by atomic mass is 10.1. The molecule has 1 aliphatic rings. The number of nitrogens with zero attached hydrogens (tertiary/aromatic N) is 2. The Labute approximate surface area is 167 Å². The van der Waals surface area contributed by atoms with E-state index in [1.807, 2.05) is 92.3 Å². The van der Waals surface area contributed by atoms with Crippen molar-refractivity contribution in [3.8, 4) is 0 Å². The highest BCUT2D eigenvalue weighted by molar-refractivity contribution is 5.99. The van der Waals surface area contributed by atoms with Gasteiger partial charge in [0, 0.05) is 38.1 Å². The average molecular weight is 380 g/mol. The van der Waals surface area contributed by atoms with Crippen LogP contribution in [-0.2, 0) is 16.1 Å². The van der Waals surface area contributed by atoms with Gasteiger partial charge in [-0.25, -0.2) is 0 Å². The molecule has 0 aliphatic heterocycles. The van der Waals surface area contributed by atoms with Gasteiger partial charge in [-0.05, 0) is 50.1 Å². The molecule has 0 radical (unpaired) electrons. The molecule has 1 N–H and O–H groups in total. The minimum Gasteiger partial charge on any atom is -0.378 e. The SMILES string of the molecule is CC(C)N(Cc1ccccc1)C(=O)C1CC1C(=O)Nc1ccc(N(C)C)cc1. The van der Waals surface area contributed by atoms with E-state index >= 15 is 0 Å². The highest BCUT2D eigenvalue weighted by atomic mass is 16.2. The molecule has 148 valence electrons. The van der Waals surface area contributed by atoms with E-state index in [4.69, 9.17) is 0 Å².